The van der Waals surface area contributed by atoms with Crippen LogP contribution in [0.2, 0.25) is 19.6 Å². The molecular formula is C28H29IO4SSi. The van der Waals surface area contributed by atoms with E-state index in [2.05, 4.69) is 31.8 Å². The van der Waals surface area contributed by atoms with E-state index < -0.39 is 38.4 Å². The Kier molecular flexibility index (Phi) is 7.80. The number of ether oxygens (including phenoxy) is 1. The number of aryl methyl sites for hydroxylation is 1. The van der Waals surface area contributed by atoms with Gasteiger partial charge in [0.05, 0.1) is 0 Å². The zero-order valence-electron chi connectivity index (χ0n) is 20.2. The number of hydrogen-bond acceptors (Lipinski definition) is 4. The third-order valence-corrected chi connectivity index (χ3v) is 14.8. The predicted octanol–water partition coefficient (Wildman–Crippen LogP) is 7.20. The second-order valence-corrected chi connectivity index (χ2v) is 20.8. The summed E-state index contributed by atoms with van der Waals surface area (Å²) in [7, 11) is -5.27. The van der Waals surface area contributed by atoms with Crippen molar-refractivity contribution >= 4 is 43.6 Å². The Morgan fingerprint density at radius 3 is 1.71 bits per heavy atom. The summed E-state index contributed by atoms with van der Waals surface area (Å²) in [5.41, 5.74) is 0.994. The summed E-state index contributed by atoms with van der Waals surface area (Å²) in [6.45, 7) is 8.87. The molecule has 4 aromatic rings. The van der Waals surface area contributed by atoms with Gasteiger partial charge in [0.1, 0.15) is 0 Å². The minimum atomic E-state index is -3.91. The Bertz CT molecular complexity index is 1360. The van der Waals surface area contributed by atoms with Gasteiger partial charge in [-0.3, -0.25) is 0 Å². The summed E-state index contributed by atoms with van der Waals surface area (Å²) in [6.07, 6.45) is 0. The molecule has 4 nitrogen and oxygen atoms in total. The van der Waals surface area contributed by atoms with Crippen molar-refractivity contribution in [1.82, 2.24) is 0 Å². The number of hydrogen-bond donors (Lipinski definition) is 0. The molecule has 35 heavy (non-hydrogen) atoms. The molecule has 0 bridgehead atoms. The Morgan fingerprint density at radius 1 is 0.657 bits per heavy atom. The fraction of sp³-hybridized carbons (Fsp3) is 0.143. The molecule has 0 amide bonds. The van der Waals surface area contributed by atoms with Crippen molar-refractivity contribution in [2.45, 2.75) is 31.5 Å². The minimum absolute atomic E-state index is 0.169. The SMILES string of the molecule is Cc1ccc(S(=O)(=O)OI(c2ccccc2)c2ccc(Oc3ccc([Si](C)(C)C)cc3)cc2)cc1. The van der Waals surface area contributed by atoms with Gasteiger partial charge in [-0.2, -0.15) is 0 Å². The van der Waals surface area contributed by atoms with Gasteiger partial charge < -0.3 is 0 Å². The average molecular weight is 617 g/mol. The van der Waals surface area contributed by atoms with Crippen molar-refractivity contribution in [2.75, 3.05) is 0 Å². The van der Waals surface area contributed by atoms with Crippen molar-refractivity contribution < 1.29 is 15.7 Å². The van der Waals surface area contributed by atoms with Gasteiger partial charge in [-0.05, 0) is 0 Å². The third kappa shape index (κ3) is 6.61. The van der Waals surface area contributed by atoms with Crippen LogP contribution in [0.15, 0.2) is 108 Å². The molecule has 0 fully saturated rings. The Balaban J connectivity index is 1.58. The van der Waals surface area contributed by atoms with Crippen LogP contribution in [0, 0.1) is 14.1 Å². The zero-order valence-corrected chi connectivity index (χ0v) is 24.2. The molecule has 0 saturated heterocycles. The molecule has 7 heteroatoms. The topological polar surface area (TPSA) is 52.6 Å². The van der Waals surface area contributed by atoms with E-state index in [4.69, 9.17) is 7.25 Å². The Morgan fingerprint density at radius 2 is 1.17 bits per heavy atom. The van der Waals surface area contributed by atoms with Crippen LogP contribution in [-0.4, -0.2) is 16.5 Å². The maximum atomic E-state index is 13.1. The summed E-state index contributed by atoms with van der Waals surface area (Å²) in [4.78, 5) is 0.169. The second-order valence-electron chi connectivity index (χ2n) is 9.20. The van der Waals surface area contributed by atoms with Crippen molar-refractivity contribution in [1.29, 1.82) is 0 Å². The van der Waals surface area contributed by atoms with Gasteiger partial charge in [-0.25, -0.2) is 0 Å². The molecule has 0 aliphatic carbocycles. The number of rotatable bonds is 8. The maximum absolute atomic E-state index is 13.1. The Hall–Kier alpha value is -2.46. The molecule has 0 unspecified atom stereocenters. The molecule has 0 heterocycles. The first-order chi connectivity index (χ1) is 16.6. The van der Waals surface area contributed by atoms with Crippen LogP contribution in [0.25, 0.3) is 0 Å². The first-order valence-corrected chi connectivity index (χ1v) is 19.2. The molecule has 0 aliphatic rings. The monoisotopic (exact) mass is 616 g/mol. The van der Waals surface area contributed by atoms with E-state index in [1.54, 1.807) is 24.3 Å². The molecule has 0 aromatic heterocycles. The van der Waals surface area contributed by atoms with Crippen molar-refractivity contribution in [3.8, 4) is 11.5 Å². The van der Waals surface area contributed by atoms with Crippen LogP contribution >= 0.6 is 20.2 Å². The fourth-order valence-electron chi connectivity index (χ4n) is 3.33. The summed E-state index contributed by atoms with van der Waals surface area (Å²) >= 11 is -2.75. The molecule has 4 aromatic carbocycles. The molecule has 0 spiro atoms. The van der Waals surface area contributed by atoms with Gasteiger partial charge in [-0.15, -0.1) is 0 Å². The summed E-state index contributed by atoms with van der Waals surface area (Å²) < 4.78 is 40.0. The zero-order chi connectivity index (χ0) is 25.1. The van der Waals surface area contributed by atoms with Crippen molar-refractivity contribution in [3.63, 3.8) is 0 Å². The van der Waals surface area contributed by atoms with Crippen LogP contribution in [0.1, 0.15) is 5.56 Å². The van der Waals surface area contributed by atoms with Crippen molar-refractivity contribution in [2.24, 2.45) is 0 Å². The van der Waals surface area contributed by atoms with Crippen LogP contribution in [0.5, 0.6) is 11.5 Å². The summed E-state index contributed by atoms with van der Waals surface area (Å²) in [5, 5.41) is 1.38. The van der Waals surface area contributed by atoms with Gasteiger partial charge >= 0.3 is 218 Å². The van der Waals surface area contributed by atoms with Crippen LogP contribution in [0.4, 0.5) is 0 Å². The van der Waals surface area contributed by atoms with Gasteiger partial charge in [-0.1, -0.05) is 0 Å². The van der Waals surface area contributed by atoms with Gasteiger partial charge in [0.15, 0.2) is 0 Å². The average Bonchev–Trinajstić information content (AvgIpc) is 2.84. The van der Waals surface area contributed by atoms with Gasteiger partial charge in [0.2, 0.25) is 0 Å². The second kappa shape index (κ2) is 10.7. The van der Waals surface area contributed by atoms with Crippen LogP contribution in [-0.2, 0) is 12.6 Å². The standard InChI is InChI=1S/C28H29IO4SSi/c1-22-10-18-27(19-11-22)34(30,31)33-29(23-8-6-5-7-9-23)24-12-14-25(15-13-24)32-26-16-20-28(21-17-26)35(2,3)4/h5-21H,1-4H3. The molecular weight excluding hydrogens is 587 g/mol. The van der Waals surface area contributed by atoms with Gasteiger partial charge in [0, 0.05) is 0 Å². The normalized spacial score (nSPS) is 12.3. The first-order valence-electron chi connectivity index (χ1n) is 11.3. The molecule has 0 aliphatic heterocycles. The number of halogens is 1. The molecule has 0 saturated carbocycles. The molecule has 0 atom stereocenters. The van der Waals surface area contributed by atoms with E-state index in [0.29, 0.717) is 5.75 Å². The van der Waals surface area contributed by atoms with E-state index >= 15 is 0 Å². The predicted molar refractivity (Wildman–Crippen MR) is 153 cm³/mol. The van der Waals surface area contributed by atoms with E-state index in [-0.39, 0.29) is 4.90 Å². The van der Waals surface area contributed by atoms with E-state index in [1.165, 1.54) is 5.19 Å². The summed E-state index contributed by atoms with van der Waals surface area (Å²) in [6, 6.07) is 32.2. The van der Waals surface area contributed by atoms with E-state index in [9.17, 15) is 8.42 Å². The molecule has 4 rings (SSSR count). The molecule has 0 radical (unpaired) electrons. The van der Waals surface area contributed by atoms with Gasteiger partial charge in [0.25, 0.3) is 0 Å². The van der Waals surface area contributed by atoms with E-state index in [0.717, 1.165) is 18.5 Å². The fourth-order valence-corrected chi connectivity index (χ4v) is 11.4. The quantitative estimate of drug-likeness (QED) is 0.155. The van der Waals surface area contributed by atoms with Crippen LogP contribution < -0.4 is 9.92 Å². The first kappa shape index (κ1) is 25.6. The Labute approximate surface area is 217 Å². The van der Waals surface area contributed by atoms with Crippen molar-refractivity contribution in [3.05, 3.63) is 116 Å². The molecule has 182 valence electrons. The number of benzene rings is 4. The van der Waals surface area contributed by atoms with E-state index in [1.807, 2.05) is 73.7 Å². The molecule has 0 N–H and O–H groups in total. The summed E-state index contributed by atoms with van der Waals surface area (Å²) in [5.74, 6) is 1.47. The third-order valence-electron chi connectivity index (χ3n) is 5.35. The van der Waals surface area contributed by atoms with Crippen LogP contribution in [0.3, 0.4) is 0 Å².